The summed E-state index contributed by atoms with van der Waals surface area (Å²) in [6.07, 6.45) is 3.52. The fourth-order valence-corrected chi connectivity index (χ4v) is 5.04. The molecule has 0 fully saturated rings. The van der Waals surface area contributed by atoms with Gasteiger partial charge in [-0.3, -0.25) is 9.59 Å². The molecule has 0 saturated heterocycles. The van der Waals surface area contributed by atoms with Crippen molar-refractivity contribution in [1.82, 2.24) is 4.98 Å². The van der Waals surface area contributed by atoms with Gasteiger partial charge >= 0.3 is 0 Å². The number of nitrogens with one attached hydrogen (secondary N) is 1. The Bertz CT molecular complexity index is 781. The van der Waals surface area contributed by atoms with Gasteiger partial charge in [0.25, 0.3) is 0 Å². The topological polar surface area (TPSA) is 62.3 Å². The fraction of sp³-hybridized carbons (Fsp3) is 0.353. The van der Waals surface area contributed by atoms with Crippen LogP contribution in [0.3, 0.4) is 0 Å². The standard InChI is InChI=1S/C17H17N3O2S2/c21-15(19-17-18-11-4-3-7-13(11)24-17)8-9-20-12-5-1-2-6-14(12)23-10-16(20)22/h1-2,5-6H,3-4,7-10H2,(H,18,19,21). The molecule has 2 aromatic rings. The summed E-state index contributed by atoms with van der Waals surface area (Å²) >= 11 is 3.12. The lowest BCUT2D eigenvalue weighted by Gasteiger charge is -2.28. The molecule has 7 heteroatoms. The lowest BCUT2D eigenvalue weighted by molar-refractivity contribution is -0.117. The highest BCUT2D eigenvalue weighted by Crippen LogP contribution is 2.35. The van der Waals surface area contributed by atoms with Gasteiger partial charge < -0.3 is 10.2 Å². The third-order valence-electron chi connectivity index (χ3n) is 4.21. The molecule has 0 unspecified atom stereocenters. The Hall–Kier alpha value is -1.86. The predicted octanol–water partition coefficient (Wildman–Crippen LogP) is 3.10. The van der Waals surface area contributed by atoms with E-state index in [1.165, 1.54) is 4.88 Å². The highest BCUT2D eigenvalue weighted by atomic mass is 32.2. The maximum absolute atomic E-state index is 12.2. The Labute approximate surface area is 148 Å². The van der Waals surface area contributed by atoms with E-state index in [9.17, 15) is 9.59 Å². The molecular weight excluding hydrogens is 342 g/mol. The summed E-state index contributed by atoms with van der Waals surface area (Å²) in [5.74, 6) is 0.392. The average Bonchev–Trinajstić information content (AvgIpc) is 3.15. The number of aryl methyl sites for hydroxylation is 2. The lowest BCUT2D eigenvalue weighted by Crippen LogP contribution is -2.37. The van der Waals surface area contributed by atoms with Crippen molar-refractivity contribution >= 4 is 45.7 Å². The fourth-order valence-electron chi connectivity index (χ4n) is 3.04. The first-order valence-electron chi connectivity index (χ1n) is 8.01. The van der Waals surface area contributed by atoms with Gasteiger partial charge in [0.15, 0.2) is 5.13 Å². The molecule has 1 aliphatic heterocycles. The van der Waals surface area contributed by atoms with Gasteiger partial charge in [0.2, 0.25) is 11.8 Å². The molecule has 124 valence electrons. The Kier molecular flexibility index (Phi) is 4.28. The second-order valence-electron chi connectivity index (χ2n) is 5.84. The zero-order chi connectivity index (χ0) is 16.5. The zero-order valence-corrected chi connectivity index (χ0v) is 14.7. The maximum Gasteiger partial charge on any atom is 0.237 e. The molecule has 1 aromatic carbocycles. The van der Waals surface area contributed by atoms with Crippen molar-refractivity contribution < 1.29 is 9.59 Å². The van der Waals surface area contributed by atoms with E-state index in [2.05, 4.69) is 10.3 Å². The minimum Gasteiger partial charge on any atom is -0.310 e. The van der Waals surface area contributed by atoms with E-state index < -0.39 is 0 Å². The first kappa shape index (κ1) is 15.7. The first-order chi connectivity index (χ1) is 11.7. The van der Waals surface area contributed by atoms with Crippen LogP contribution in [0, 0.1) is 0 Å². The van der Waals surface area contributed by atoms with E-state index in [4.69, 9.17) is 0 Å². The van der Waals surface area contributed by atoms with Crippen LogP contribution in [0.25, 0.3) is 0 Å². The highest BCUT2D eigenvalue weighted by Gasteiger charge is 2.25. The molecule has 4 rings (SSSR count). The molecule has 0 radical (unpaired) electrons. The van der Waals surface area contributed by atoms with E-state index in [1.807, 2.05) is 24.3 Å². The van der Waals surface area contributed by atoms with Crippen LogP contribution in [-0.4, -0.2) is 29.1 Å². The molecule has 0 saturated carbocycles. The van der Waals surface area contributed by atoms with E-state index >= 15 is 0 Å². The summed E-state index contributed by atoms with van der Waals surface area (Å²) in [5, 5.41) is 3.56. The number of carbonyl (C=O) groups is 2. The second-order valence-corrected chi connectivity index (χ2v) is 7.94. The zero-order valence-electron chi connectivity index (χ0n) is 13.1. The number of carbonyl (C=O) groups excluding carboxylic acids is 2. The largest absolute Gasteiger partial charge is 0.310 e. The molecule has 1 N–H and O–H groups in total. The van der Waals surface area contributed by atoms with E-state index in [0.717, 1.165) is 35.5 Å². The molecule has 1 aliphatic carbocycles. The molecule has 0 atom stereocenters. The molecule has 24 heavy (non-hydrogen) atoms. The summed E-state index contributed by atoms with van der Waals surface area (Å²) in [6.45, 7) is 0.396. The highest BCUT2D eigenvalue weighted by molar-refractivity contribution is 8.00. The molecular formula is C17H17N3O2S2. The number of thioether (sulfide) groups is 1. The van der Waals surface area contributed by atoms with Crippen LogP contribution in [-0.2, 0) is 22.4 Å². The summed E-state index contributed by atoms with van der Waals surface area (Å²) in [5.41, 5.74) is 2.03. The number of anilines is 2. The minimum absolute atomic E-state index is 0.0553. The van der Waals surface area contributed by atoms with Crippen LogP contribution in [0.4, 0.5) is 10.8 Å². The SMILES string of the molecule is O=C(CCN1C(=O)CSc2ccccc21)Nc1nc2c(s1)CCC2. The van der Waals surface area contributed by atoms with Crippen LogP contribution in [0.15, 0.2) is 29.2 Å². The number of hydrogen-bond acceptors (Lipinski definition) is 5. The number of thiazole rings is 1. The average molecular weight is 359 g/mol. The lowest BCUT2D eigenvalue weighted by atomic mass is 10.2. The molecule has 1 aromatic heterocycles. The maximum atomic E-state index is 12.2. The van der Waals surface area contributed by atoms with E-state index in [-0.39, 0.29) is 18.2 Å². The van der Waals surface area contributed by atoms with Crippen molar-refractivity contribution in [1.29, 1.82) is 0 Å². The van der Waals surface area contributed by atoms with Crippen LogP contribution in [0.2, 0.25) is 0 Å². The number of amides is 2. The second kappa shape index (κ2) is 6.57. The van der Waals surface area contributed by atoms with Crippen LogP contribution in [0.1, 0.15) is 23.4 Å². The van der Waals surface area contributed by atoms with Crippen molar-refractivity contribution in [3.8, 4) is 0 Å². The van der Waals surface area contributed by atoms with E-state index in [1.54, 1.807) is 28.0 Å². The number of aromatic nitrogens is 1. The summed E-state index contributed by atoms with van der Waals surface area (Å²) < 4.78 is 0. The Balaban J connectivity index is 1.39. The molecule has 5 nitrogen and oxygen atoms in total. The van der Waals surface area contributed by atoms with Gasteiger partial charge in [-0.05, 0) is 31.4 Å². The quantitative estimate of drug-likeness (QED) is 0.911. The van der Waals surface area contributed by atoms with Crippen molar-refractivity contribution in [3.63, 3.8) is 0 Å². The Morgan fingerprint density at radius 1 is 1.29 bits per heavy atom. The van der Waals surface area contributed by atoms with Crippen molar-refractivity contribution in [2.45, 2.75) is 30.6 Å². The van der Waals surface area contributed by atoms with E-state index in [0.29, 0.717) is 17.4 Å². The van der Waals surface area contributed by atoms with Gasteiger partial charge in [0, 0.05) is 22.7 Å². The molecule has 0 bridgehead atoms. The summed E-state index contributed by atoms with van der Waals surface area (Å²) in [7, 11) is 0. The molecule has 2 heterocycles. The van der Waals surface area contributed by atoms with Crippen molar-refractivity contribution in [2.24, 2.45) is 0 Å². The number of nitrogens with zero attached hydrogens (tertiary/aromatic N) is 2. The van der Waals surface area contributed by atoms with Crippen LogP contribution >= 0.6 is 23.1 Å². The van der Waals surface area contributed by atoms with Gasteiger partial charge in [0.05, 0.1) is 17.1 Å². The van der Waals surface area contributed by atoms with Crippen LogP contribution in [0.5, 0.6) is 0 Å². The van der Waals surface area contributed by atoms with Gasteiger partial charge in [-0.1, -0.05) is 12.1 Å². The number of para-hydroxylation sites is 1. The normalized spacial score (nSPS) is 16.0. The van der Waals surface area contributed by atoms with Crippen molar-refractivity contribution in [3.05, 3.63) is 34.8 Å². The first-order valence-corrected chi connectivity index (χ1v) is 9.81. The van der Waals surface area contributed by atoms with Gasteiger partial charge in [-0.15, -0.1) is 23.1 Å². The monoisotopic (exact) mass is 359 g/mol. The Morgan fingerprint density at radius 2 is 2.17 bits per heavy atom. The van der Waals surface area contributed by atoms with Gasteiger partial charge in [-0.25, -0.2) is 4.98 Å². The van der Waals surface area contributed by atoms with Gasteiger partial charge in [0.1, 0.15) is 0 Å². The van der Waals surface area contributed by atoms with Crippen molar-refractivity contribution in [2.75, 3.05) is 22.5 Å². The number of hydrogen-bond donors (Lipinski definition) is 1. The van der Waals surface area contributed by atoms with Gasteiger partial charge in [-0.2, -0.15) is 0 Å². The molecule has 2 amide bonds. The number of rotatable bonds is 4. The number of fused-ring (bicyclic) bond motifs is 2. The predicted molar refractivity (Wildman–Crippen MR) is 96.9 cm³/mol. The third-order valence-corrected chi connectivity index (χ3v) is 6.33. The Morgan fingerprint density at radius 3 is 3.04 bits per heavy atom. The smallest absolute Gasteiger partial charge is 0.237 e. The summed E-state index contributed by atoms with van der Waals surface area (Å²) in [4.78, 5) is 33.0. The molecule has 2 aliphatic rings. The summed E-state index contributed by atoms with van der Waals surface area (Å²) in [6, 6.07) is 7.83. The minimum atomic E-state index is -0.0917. The van der Waals surface area contributed by atoms with Crippen LogP contribution < -0.4 is 10.2 Å². The number of benzene rings is 1. The molecule has 0 spiro atoms. The third kappa shape index (κ3) is 3.06.